The standard InChI is InChI=1S/C11H20N6O2S/c1-9-14-11(8-15(9)2)20(18,19)17-5-3-16(4-6-17)7-10(12)13/h8H,3-7H2,1-2H3,(H3,12,13). The lowest BCUT2D eigenvalue weighted by Crippen LogP contribution is -2.50. The second-order valence-corrected chi connectivity index (χ2v) is 6.83. The van der Waals surface area contributed by atoms with Gasteiger partial charge in [-0.05, 0) is 6.92 Å². The summed E-state index contributed by atoms with van der Waals surface area (Å²) in [6.45, 7) is 4.09. The fourth-order valence-corrected chi connectivity index (χ4v) is 3.60. The van der Waals surface area contributed by atoms with Crippen LogP contribution < -0.4 is 5.73 Å². The van der Waals surface area contributed by atoms with Gasteiger partial charge in [-0.1, -0.05) is 0 Å². The number of rotatable bonds is 4. The zero-order valence-corrected chi connectivity index (χ0v) is 12.5. The number of sulfonamides is 1. The van der Waals surface area contributed by atoms with Crippen LogP contribution in [0, 0.1) is 12.3 Å². The zero-order valence-electron chi connectivity index (χ0n) is 11.7. The summed E-state index contributed by atoms with van der Waals surface area (Å²) in [7, 11) is -1.76. The molecule has 2 rings (SSSR count). The highest BCUT2D eigenvalue weighted by molar-refractivity contribution is 7.89. The number of hydrogen-bond donors (Lipinski definition) is 2. The second kappa shape index (κ2) is 5.51. The molecule has 1 aliphatic rings. The van der Waals surface area contributed by atoms with Crippen molar-refractivity contribution in [2.75, 3.05) is 32.7 Å². The number of amidine groups is 1. The van der Waals surface area contributed by atoms with Crippen molar-refractivity contribution in [3.63, 3.8) is 0 Å². The maximum absolute atomic E-state index is 12.4. The van der Waals surface area contributed by atoms with Gasteiger partial charge in [-0.25, -0.2) is 13.4 Å². The smallest absolute Gasteiger partial charge is 0.262 e. The molecule has 0 saturated carbocycles. The monoisotopic (exact) mass is 300 g/mol. The van der Waals surface area contributed by atoms with Crippen molar-refractivity contribution in [3.05, 3.63) is 12.0 Å². The highest BCUT2D eigenvalue weighted by Crippen LogP contribution is 2.16. The van der Waals surface area contributed by atoms with Crippen LogP contribution in [0.3, 0.4) is 0 Å². The number of piperazine rings is 1. The van der Waals surface area contributed by atoms with Gasteiger partial charge in [0.25, 0.3) is 10.0 Å². The van der Waals surface area contributed by atoms with E-state index < -0.39 is 10.0 Å². The van der Waals surface area contributed by atoms with Gasteiger partial charge < -0.3 is 10.3 Å². The van der Waals surface area contributed by atoms with Crippen molar-refractivity contribution < 1.29 is 8.42 Å². The van der Waals surface area contributed by atoms with Crippen molar-refractivity contribution in [2.45, 2.75) is 11.9 Å². The highest BCUT2D eigenvalue weighted by Gasteiger charge is 2.30. The van der Waals surface area contributed by atoms with E-state index in [1.807, 2.05) is 4.90 Å². The Hall–Kier alpha value is -1.45. The van der Waals surface area contributed by atoms with Crippen LogP contribution in [0.5, 0.6) is 0 Å². The molecular weight excluding hydrogens is 280 g/mol. The number of aromatic nitrogens is 2. The lowest BCUT2D eigenvalue weighted by molar-refractivity contribution is 0.208. The first-order chi connectivity index (χ1) is 9.30. The van der Waals surface area contributed by atoms with Crippen LogP contribution in [0.15, 0.2) is 11.2 Å². The zero-order chi connectivity index (χ0) is 14.9. The summed E-state index contributed by atoms with van der Waals surface area (Å²) in [6, 6.07) is 0. The summed E-state index contributed by atoms with van der Waals surface area (Å²) in [6.07, 6.45) is 1.53. The average Bonchev–Trinajstić information content (AvgIpc) is 2.70. The molecule has 0 unspecified atom stereocenters. The summed E-state index contributed by atoms with van der Waals surface area (Å²) in [5.74, 6) is 0.764. The minimum absolute atomic E-state index is 0.0949. The molecule has 0 radical (unpaired) electrons. The van der Waals surface area contributed by atoms with E-state index in [-0.39, 0.29) is 10.9 Å². The molecular formula is C11H20N6O2S. The molecule has 8 nitrogen and oxygen atoms in total. The Labute approximate surface area is 118 Å². The van der Waals surface area contributed by atoms with Crippen molar-refractivity contribution >= 4 is 15.9 Å². The fourth-order valence-electron chi connectivity index (χ4n) is 2.15. The van der Waals surface area contributed by atoms with Crippen molar-refractivity contribution in [2.24, 2.45) is 12.8 Å². The van der Waals surface area contributed by atoms with Crippen LogP contribution in [-0.2, 0) is 17.1 Å². The van der Waals surface area contributed by atoms with Crippen LogP contribution in [0.1, 0.15) is 5.82 Å². The lowest BCUT2D eigenvalue weighted by atomic mass is 10.3. The molecule has 1 aliphatic heterocycles. The molecule has 0 spiro atoms. The Morgan fingerprint density at radius 2 is 2.00 bits per heavy atom. The fraction of sp³-hybridized carbons (Fsp3) is 0.636. The molecule has 9 heteroatoms. The third kappa shape index (κ3) is 3.00. The quantitative estimate of drug-likeness (QED) is 0.546. The third-order valence-corrected chi connectivity index (χ3v) is 5.19. The minimum Gasteiger partial charge on any atom is -0.387 e. The van der Waals surface area contributed by atoms with E-state index >= 15 is 0 Å². The van der Waals surface area contributed by atoms with E-state index in [4.69, 9.17) is 11.1 Å². The third-order valence-electron chi connectivity index (χ3n) is 3.42. The van der Waals surface area contributed by atoms with E-state index in [0.717, 1.165) is 0 Å². The first-order valence-electron chi connectivity index (χ1n) is 6.36. The van der Waals surface area contributed by atoms with Crippen LogP contribution >= 0.6 is 0 Å². The molecule has 112 valence electrons. The number of nitrogens with two attached hydrogens (primary N) is 1. The van der Waals surface area contributed by atoms with Gasteiger partial charge in [0.1, 0.15) is 11.7 Å². The molecule has 1 saturated heterocycles. The molecule has 0 bridgehead atoms. The van der Waals surface area contributed by atoms with Gasteiger partial charge in [0.15, 0.2) is 5.03 Å². The molecule has 1 fully saturated rings. The maximum Gasteiger partial charge on any atom is 0.262 e. The van der Waals surface area contributed by atoms with Crippen molar-refractivity contribution in [1.29, 1.82) is 5.41 Å². The Balaban J connectivity index is 2.07. The summed E-state index contributed by atoms with van der Waals surface area (Å²) >= 11 is 0. The topological polar surface area (TPSA) is 108 Å². The molecule has 20 heavy (non-hydrogen) atoms. The molecule has 2 heterocycles. The van der Waals surface area contributed by atoms with Crippen LogP contribution in [-0.4, -0.2) is 65.7 Å². The van der Waals surface area contributed by atoms with Crippen LogP contribution in [0.4, 0.5) is 0 Å². The molecule has 1 aromatic rings. The summed E-state index contributed by atoms with van der Waals surface area (Å²) < 4.78 is 28.0. The second-order valence-electron chi connectivity index (χ2n) is 4.94. The normalized spacial score (nSPS) is 18.3. The van der Waals surface area contributed by atoms with E-state index in [9.17, 15) is 8.42 Å². The molecule has 1 aromatic heterocycles. The summed E-state index contributed by atoms with van der Waals surface area (Å²) in [5.41, 5.74) is 5.35. The summed E-state index contributed by atoms with van der Waals surface area (Å²) in [4.78, 5) is 6.06. The van der Waals surface area contributed by atoms with Gasteiger partial charge in [-0.3, -0.25) is 10.3 Å². The Morgan fingerprint density at radius 1 is 1.40 bits per heavy atom. The Morgan fingerprint density at radius 3 is 2.45 bits per heavy atom. The molecule has 0 aliphatic carbocycles. The first-order valence-corrected chi connectivity index (χ1v) is 7.80. The van der Waals surface area contributed by atoms with Crippen LogP contribution in [0.2, 0.25) is 0 Å². The lowest BCUT2D eigenvalue weighted by Gasteiger charge is -2.33. The Kier molecular flexibility index (Phi) is 4.11. The van der Waals surface area contributed by atoms with Gasteiger partial charge in [-0.15, -0.1) is 0 Å². The number of nitrogens with one attached hydrogen (secondary N) is 1. The molecule has 0 aromatic carbocycles. The van der Waals surface area contributed by atoms with E-state index in [2.05, 4.69) is 4.98 Å². The predicted molar refractivity (Wildman–Crippen MR) is 75.1 cm³/mol. The maximum atomic E-state index is 12.4. The number of aryl methyl sites for hydroxylation is 2. The predicted octanol–water partition coefficient (Wildman–Crippen LogP) is -1.03. The molecule has 0 amide bonds. The van der Waals surface area contributed by atoms with Crippen LogP contribution in [0.25, 0.3) is 0 Å². The Bertz CT molecular complexity index is 581. The van der Waals surface area contributed by atoms with E-state index in [1.54, 1.807) is 18.5 Å². The van der Waals surface area contributed by atoms with Gasteiger partial charge >= 0.3 is 0 Å². The largest absolute Gasteiger partial charge is 0.387 e. The van der Waals surface area contributed by atoms with Crippen molar-refractivity contribution in [1.82, 2.24) is 18.8 Å². The number of nitrogens with zero attached hydrogens (tertiary/aromatic N) is 4. The number of hydrogen-bond acceptors (Lipinski definition) is 5. The van der Waals surface area contributed by atoms with Gasteiger partial charge in [0, 0.05) is 39.4 Å². The first kappa shape index (κ1) is 14.9. The molecule has 3 N–H and O–H groups in total. The van der Waals surface area contributed by atoms with Gasteiger partial charge in [0.05, 0.1) is 6.54 Å². The minimum atomic E-state index is -3.53. The number of imidazole rings is 1. The van der Waals surface area contributed by atoms with Gasteiger partial charge in [-0.2, -0.15) is 4.31 Å². The highest BCUT2D eigenvalue weighted by atomic mass is 32.2. The van der Waals surface area contributed by atoms with Gasteiger partial charge in [0.2, 0.25) is 0 Å². The molecule has 0 atom stereocenters. The SMILES string of the molecule is Cc1nc(S(=O)(=O)N2CCN(CC(=N)N)CC2)cn1C. The van der Waals surface area contributed by atoms with Crippen molar-refractivity contribution in [3.8, 4) is 0 Å². The van der Waals surface area contributed by atoms with E-state index in [1.165, 1.54) is 10.5 Å². The summed E-state index contributed by atoms with van der Waals surface area (Å²) in [5, 5.41) is 7.35. The van der Waals surface area contributed by atoms with E-state index in [0.29, 0.717) is 38.5 Å². The average molecular weight is 300 g/mol.